The van der Waals surface area contributed by atoms with Crippen LogP contribution in [0, 0.1) is 11.6 Å². The van der Waals surface area contributed by atoms with E-state index in [1.807, 2.05) is 11.0 Å². The lowest BCUT2D eigenvalue weighted by Crippen LogP contribution is -2.47. The van der Waals surface area contributed by atoms with Gasteiger partial charge in [0, 0.05) is 55.4 Å². The molecule has 2 aromatic carbocycles. The molecular weight excluding hydrogens is 336 g/mol. The van der Waals surface area contributed by atoms with E-state index in [1.165, 1.54) is 18.2 Å². The highest BCUT2D eigenvalue weighted by atomic mass is 19.1. The Morgan fingerprint density at radius 3 is 2.58 bits per heavy atom. The normalized spacial score (nSPS) is 17.0. The molecule has 0 aliphatic carbocycles. The largest absolute Gasteiger partial charge is 0.387 e. The summed E-state index contributed by atoms with van der Waals surface area (Å²) in [5, 5.41) is 11.3. The van der Waals surface area contributed by atoms with Crippen molar-refractivity contribution in [2.24, 2.45) is 0 Å². The van der Waals surface area contributed by atoms with Crippen LogP contribution in [0.3, 0.4) is 0 Å². The number of anilines is 1. The van der Waals surface area contributed by atoms with E-state index < -0.39 is 6.10 Å². The number of aromatic nitrogens is 1. The van der Waals surface area contributed by atoms with Crippen LogP contribution < -0.4 is 4.90 Å². The number of piperazine rings is 1. The molecular formula is C20H21F2N3O. The fraction of sp³-hybridized carbons (Fsp3) is 0.300. The van der Waals surface area contributed by atoms with Crippen LogP contribution in [0.5, 0.6) is 0 Å². The van der Waals surface area contributed by atoms with Crippen LogP contribution in [-0.2, 0) is 0 Å². The first-order valence-corrected chi connectivity index (χ1v) is 8.78. The van der Waals surface area contributed by atoms with E-state index in [9.17, 15) is 13.9 Å². The SMILES string of the molecule is O[C@H](CN1CCN(c2ccccc2F)CC1)c1c[nH]c2ccc(F)cc12. The number of benzene rings is 2. The number of hydrogen-bond donors (Lipinski definition) is 2. The van der Waals surface area contributed by atoms with Crippen molar-refractivity contribution in [3.8, 4) is 0 Å². The summed E-state index contributed by atoms with van der Waals surface area (Å²) in [6.45, 7) is 3.35. The van der Waals surface area contributed by atoms with Gasteiger partial charge in [0.15, 0.2) is 0 Å². The number of para-hydroxylation sites is 1. The topological polar surface area (TPSA) is 42.5 Å². The summed E-state index contributed by atoms with van der Waals surface area (Å²) in [6.07, 6.45) is 1.04. The molecule has 0 unspecified atom stereocenters. The molecule has 3 aromatic rings. The zero-order valence-corrected chi connectivity index (χ0v) is 14.3. The van der Waals surface area contributed by atoms with Gasteiger partial charge < -0.3 is 15.0 Å². The van der Waals surface area contributed by atoms with Crippen LogP contribution in [0.1, 0.15) is 11.7 Å². The van der Waals surface area contributed by atoms with Gasteiger partial charge in [-0.1, -0.05) is 12.1 Å². The first-order chi connectivity index (χ1) is 12.6. The molecule has 0 radical (unpaired) electrons. The van der Waals surface area contributed by atoms with Gasteiger partial charge in [0.25, 0.3) is 0 Å². The molecule has 1 atom stereocenters. The Hall–Kier alpha value is -2.44. The molecule has 6 heteroatoms. The molecule has 0 amide bonds. The molecule has 2 N–H and O–H groups in total. The van der Waals surface area contributed by atoms with Crippen molar-refractivity contribution in [1.82, 2.24) is 9.88 Å². The van der Waals surface area contributed by atoms with E-state index in [2.05, 4.69) is 9.88 Å². The highest BCUT2D eigenvalue weighted by molar-refractivity contribution is 5.83. The van der Waals surface area contributed by atoms with Crippen molar-refractivity contribution < 1.29 is 13.9 Å². The summed E-state index contributed by atoms with van der Waals surface area (Å²) in [6, 6.07) is 11.3. The van der Waals surface area contributed by atoms with Crippen molar-refractivity contribution in [3.63, 3.8) is 0 Å². The molecule has 136 valence electrons. The van der Waals surface area contributed by atoms with E-state index in [-0.39, 0.29) is 11.6 Å². The number of aromatic amines is 1. The van der Waals surface area contributed by atoms with Gasteiger partial charge in [0.05, 0.1) is 11.8 Å². The number of rotatable bonds is 4. The quantitative estimate of drug-likeness (QED) is 0.753. The second-order valence-electron chi connectivity index (χ2n) is 6.69. The maximum Gasteiger partial charge on any atom is 0.146 e. The van der Waals surface area contributed by atoms with E-state index in [1.54, 1.807) is 24.4 Å². The summed E-state index contributed by atoms with van der Waals surface area (Å²) >= 11 is 0. The Balaban J connectivity index is 1.41. The Kier molecular flexibility index (Phi) is 4.61. The third-order valence-electron chi connectivity index (χ3n) is 5.03. The second kappa shape index (κ2) is 7.05. The third-order valence-corrected chi connectivity index (χ3v) is 5.03. The van der Waals surface area contributed by atoms with Gasteiger partial charge in [0.2, 0.25) is 0 Å². The zero-order chi connectivity index (χ0) is 18.1. The van der Waals surface area contributed by atoms with Crippen LogP contribution in [0.2, 0.25) is 0 Å². The second-order valence-corrected chi connectivity index (χ2v) is 6.69. The van der Waals surface area contributed by atoms with Crippen molar-refractivity contribution in [1.29, 1.82) is 0 Å². The van der Waals surface area contributed by atoms with Crippen molar-refractivity contribution in [2.45, 2.75) is 6.10 Å². The van der Waals surface area contributed by atoms with Gasteiger partial charge in [0.1, 0.15) is 11.6 Å². The van der Waals surface area contributed by atoms with Gasteiger partial charge >= 0.3 is 0 Å². The van der Waals surface area contributed by atoms with Gasteiger partial charge in [-0.3, -0.25) is 4.90 Å². The number of fused-ring (bicyclic) bond motifs is 1. The zero-order valence-electron chi connectivity index (χ0n) is 14.3. The molecule has 2 heterocycles. The lowest BCUT2D eigenvalue weighted by Gasteiger charge is -2.37. The first kappa shape index (κ1) is 17.0. The maximum atomic E-state index is 13.9. The summed E-state index contributed by atoms with van der Waals surface area (Å²) in [7, 11) is 0. The predicted octanol–water partition coefficient (Wildman–Crippen LogP) is 3.30. The lowest BCUT2D eigenvalue weighted by molar-refractivity contribution is 0.110. The Morgan fingerprint density at radius 1 is 1.04 bits per heavy atom. The number of hydrogen-bond acceptors (Lipinski definition) is 3. The smallest absolute Gasteiger partial charge is 0.146 e. The minimum Gasteiger partial charge on any atom is -0.387 e. The fourth-order valence-corrected chi connectivity index (χ4v) is 3.61. The third kappa shape index (κ3) is 3.30. The minimum absolute atomic E-state index is 0.207. The van der Waals surface area contributed by atoms with E-state index >= 15 is 0 Å². The molecule has 4 rings (SSSR count). The summed E-state index contributed by atoms with van der Waals surface area (Å²) in [4.78, 5) is 7.25. The summed E-state index contributed by atoms with van der Waals surface area (Å²) in [5.74, 6) is -0.522. The van der Waals surface area contributed by atoms with Crippen LogP contribution >= 0.6 is 0 Å². The molecule has 4 nitrogen and oxygen atoms in total. The number of β-amino-alcohol motifs (C(OH)–C–C–N with tert-alkyl or cyclic N) is 1. The number of aliphatic hydroxyl groups excluding tert-OH is 1. The van der Waals surface area contributed by atoms with Gasteiger partial charge in [-0.15, -0.1) is 0 Å². The molecule has 1 saturated heterocycles. The monoisotopic (exact) mass is 357 g/mol. The number of halogens is 2. The highest BCUT2D eigenvalue weighted by Crippen LogP contribution is 2.26. The molecule has 0 saturated carbocycles. The highest BCUT2D eigenvalue weighted by Gasteiger charge is 2.22. The van der Waals surface area contributed by atoms with Crippen molar-refractivity contribution >= 4 is 16.6 Å². The number of aliphatic hydroxyl groups is 1. The van der Waals surface area contributed by atoms with Crippen molar-refractivity contribution in [3.05, 3.63) is 65.9 Å². The molecule has 1 aliphatic heterocycles. The molecule has 1 aliphatic rings. The Labute approximate surface area is 150 Å². The van der Waals surface area contributed by atoms with E-state index in [0.29, 0.717) is 36.3 Å². The number of H-pyrrole nitrogens is 1. The molecule has 1 aromatic heterocycles. The van der Waals surface area contributed by atoms with Crippen LogP contribution in [0.15, 0.2) is 48.7 Å². The molecule has 1 fully saturated rings. The first-order valence-electron chi connectivity index (χ1n) is 8.78. The van der Waals surface area contributed by atoms with Gasteiger partial charge in [-0.25, -0.2) is 8.78 Å². The lowest BCUT2D eigenvalue weighted by atomic mass is 10.1. The standard InChI is InChI=1S/C20H21F2N3O/c21-14-5-6-18-15(11-14)16(12-23-18)20(26)13-24-7-9-25(10-8-24)19-4-2-1-3-17(19)22/h1-6,11-12,20,23,26H,7-10,13H2/t20-/m1/s1. The van der Waals surface area contributed by atoms with Gasteiger partial charge in [-0.05, 0) is 30.3 Å². The Morgan fingerprint density at radius 2 is 1.81 bits per heavy atom. The molecule has 26 heavy (non-hydrogen) atoms. The number of nitrogens with zero attached hydrogens (tertiary/aromatic N) is 2. The van der Waals surface area contributed by atoms with Crippen molar-refractivity contribution in [2.75, 3.05) is 37.6 Å². The molecule has 0 bridgehead atoms. The average molecular weight is 357 g/mol. The minimum atomic E-state index is -0.703. The maximum absolute atomic E-state index is 13.9. The summed E-state index contributed by atoms with van der Waals surface area (Å²) < 4.78 is 27.4. The van der Waals surface area contributed by atoms with Crippen LogP contribution in [-0.4, -0.2) is 47.7 Å². The number of nitrogens with one attached hydrogen (secondary N) is 1. The van der Waals surface area contributed by atoms with Gasteiger partial charge in [-0.2, -0.15) is 0 Å². The van der Waals surface area contributed by atoms with Crippen LogP contribution in [0.25, 0.3) is 10.9 Å². The summed E-state index contributed by atoms with van der Waals surface area (Å²) in [5.41, 5.74) is 2.14. The van der Waals surface area contributed by atoms with E-state index in [4.69, 9.17) is 0 Å². The Bertz CT molecular complexity index is 903. The van der Waals surface area contributed by atoms with E-state index in [0.717, 1.165) is 18.6 Å². The fourth-order valence-electron chi connectivity index (χ4n) is 3.61. The van der Waals surface area contributed by atoms with Crippen LogP contribution in [0.4, 0.5) is 14.5 Å². The molecule has 0 spiro atoms. The predicted molar refractivity (Wildman–Crippen MR) is 98.3 cm³/mol. The average Bonchev–Trinajstić information content (AvgIpc) is 3.06.